The molecule has 0 spiro atoms. The normalized spacial score (nSPS) is 12.0. The van der Waals surface area contributed by atoms with E-state index in [9.17, 15) is 0 Å². The molecule has 0 bridgehead atoms. The van der Waals surface area contributed by atoms with Gasteiger partial charge in [-0.2, -0.15) is 0 Å². The molecule has 3 nitrogen and oxygen atoms in total. The van der Waals surface area contributed by atoms with Gasteiger partial charge < -0.3 is 14.8 Å². The Bertz CT molecular complexity index is 569. The van der Waals surface area contributed by atoms with Crippen molar-refractivity contribution in [3.05, 3.63) is 54.1 Å². The summed E-state index contributed by atoms with van der Waals surface area (Å²) in [5, 5.41) is 3.48. The highest BCUT2D eigenvalue weighted by Gasteiger charge is 2.08. The predicted molar refractivity (Wildman–Crippen MR) is 86.2 cm³/mol. The molecule has 1 N–H and O–H groups in total. The van der Waals surface area contributed by atoms with Crippen molar-refractivity contribution in [3.63, 3.8) is 0 Å². The van der Waals surface area contributed by atoms with Gasteiger partial charge >= 0.3 is 0 Å². The predicted octanol–water partition coefficient (Wildman–Crippen LogP) is 4.55. The van der Waals surface area contributed by atoms with Crippen molar-refractivity contribution < 1.29 is 9.47 Å². The van der Waals surface area contributed by atoms with Crippen molar-refractivity contribution in [2.45, 2.75) is 26.3 Å². The summed E-state index contributed by atoms with van der Waals surface area (Å²) in [6.45, 7) is 5.34. The third-order valence-corrected chi connectivity index (χ3v) is 3.36. The van der Waals surface area contributed by atoms with Gasteiger partial charge in [0.15, 0.2) is 11.5 Å². The zero-order valence-corrected chi connectivity index (χ0v) is 12.9. The summed E-state index contributed by atoms with van der Waals surface area (Å²) < 4.78 is 11.3. The average molecular weight is 285 g/mol. The summed E-state index contributed by atoms with van der Waals surface area (Å²) in [6, 6.07) is 16.1. The minimum Gasteiger partial charge on any atom is -0.493 e. The molecule has 112 valence electrons. The van der Waals surface area contributed by atoms with E-state index < -0.39 is 0 Å². The van der Waals surface area contributed by atoms with E-state index in [0.717, 1.165) is 30.2 Å². The van der Waals surface area contributed by atoms with Gasteiger partial charge in [-0.3, -0.25) is 0 Å². The van der Waals surface area contributed by atoms with E-state index >= 15 is 0 Å². The minimum atomic E-state index is 0.311. The number of hydrogen-bond donors (Lipinski definition) is 1. The van der Waals surface area contributed by atoms with E-state index in [2.05, 4.69) is 31.3 Å². The van der Waals surface area contributed by atoms with Crippen LogP contribution in [-0.4, -0.2) is 13.7 Å². The number of methoxy groups -OCH3 is 1. The minimum absolute atomic E-state index is 0.311. The Morgan fingerprint density at radius 1 is 1.05 bits per heavy atom. The van der Waals surface area contributed by atoms with Gasteiger partial charge in [-0.05, 0) is 49.7 Å². The molecule has 0 heterocycles. The van der Waals surface area contributed by atoms with Crippen LogP contribution in [-0.2, 0) is 0 Å². The Morgan fingerprint density at radius 2 is 1.81 bits per heavy atom. The van der Waals surface area contributed by atoms with Crippen molar-refractivity contribution in [2.75, 3.05) is 13.7 Å². The third-order valence-electron chi connectivity index (χ3n) is 3.36. The molecule has 0 aliphatic rings. The second-order valence-electron chi connectivity index (χ2n) is 5.00. The zero-order chi connectivity index (χ0) is 15.1. The first-order chi connectivity index (χ1) is 10.2. The lowest BCUT2D eigenvalue weighted by Gasteiger charge is -2.15. The van der Waals surface area contributed by atoms with Crippen LogP contribution in [0.5, 0.6) is 17.2 Å². The fraction of sp³-hybridized carbons (Fsp3) is 0.333. The summed E-state index contributed by atoms with van der Waals surface area (Å²) in [6.07, 6.45) is 1.13. The first-order valence-corrected chi connectivity index (χ1v) is 7.38. The molecule has 0 aliphatic heterocycles. The number of benzene rings is 2. The molecule has 1 unspecified atom stereocenters. The molecule has 0 aromatic heterocycles. The molecule has 0 aliphatic carbocycles. The number of nitrogens with one attached hydrogen (secondary N) is 1. The Labute approximate surface area is 126 Å². The summed E-state index contributed by atoms with van der Waals surface area (Å²) in [7, 11) is 1.65. The Kier molecular flexibility index (Phi) is 5.64. The lowest BCUT2D eigenvalue weighted by atomic mass is 10.1. The molecular weight excluding hydrogens is 262 g/mol. The second kappa shape index (κ2) is 7.70. The molecule has 0 radical (unpaired) electrons. The molecule has 0 fully saturated rings. The van der Waals surface area contributed by atoms with Crippen molar-refractivity contribution in [1.82, 2.24) is 5.32 Å². The molecule has 2 aromatic carbocycles. The maximum Gasteiger partial charge on any atom is 0.169 e. The Balaban J connectivity index is 2.14. The number of rotatable bonds is 7. The van der Waals surface area contributed by atoms with Gasteiger partial charge in [-0.1, -0.05) is 31.2 Å². The van der Waals surface area contributed by atoms with E-state index in [1.807, 2.05) is 36.4 Å². The van der Waals surface area contributed by atoms with Crippen LogP contribution in [0.2, 0.25) is 0 Å². The van der Waals surface area contributed by atoms with Gasteiger partial charge in [0.05, 0.1) is 7.11 Å². The second-order valence-corrected chi connectivity index (χ2v) is 5.00. The highest BCUT2D eigenvalue weighted by molar-refractivity contribution is 5.43. The van der Waals surface area contributed by atoms with E-state index in [1.165, 1.54) is 5.56 Å². The highest BCUT2D eigenvalue weighted by atomic mass is 16.5. The zero-order valence-electron chi connectivity index (χ0n) is 12.9. The molecule has 2 aromatic rings. The van der Waals surface area contributed by atoms with Crippen LogP contribution in [0.25, 0.3) is 0 Å². The topological polar surface area (TPSA) is 30.5 Å². The van der Waals surface area contributed by atoms with Crippen LogP contribution < -0.4 is 14.8 Å². The van der Waals surface area contributed by atoms with Gasteiger partial charge in [0.25, 0.3) is 0 Å². The largest absolute Gasteiger partial charge is 0.493 e. The maximum atomic E-state index is 5.94. The van der Waals surface area contributed by atoms with E-state index in [1.54, 1.807) is 7.11 Å². The fourth-order valence-electron chi connectivity index (χ4n) is 2.16. The summed E-state index contributed by atoms with van der Waals surface area (Å²) in [5.41, 5.74) is 1.22. The van der Waals surface area contributed by atoms with Gasteiger partial charge in [0, 0.05) is 6.04 Å². The summed E-state index contributed by atoms with van der Waals surface area (Å²) in [4.78, 5) is 0. The van der Waals surface area contributed by atoms with Crippen LogP contribution >= 0.6 is 0 Å². The van der Waals surface area contributed by atoms with Crippen LogP contribution in [0.3, 0.4) is 0 Å². The SMILES string of the molecule is CCCNC(C)c1cccc(Oc2ccccc2OC)c1. The van der Waals surface area contributed by atoms with E-state index in [4.69, 9.17) is 9.47 Å². The quantitative estimate of drug-likeness (QED) is 0.809. The van der Waals surface area contributed by atoms with Crippen molar-refractivity contribution in [2.24, 2.45) is 0 Å². The monoisotopic (exact) mass is 285 g/mol. The molecule has 2 rings (SSSR count). The van der Waals surface area contributed by atoms with Crippen molar-refractivity contribution >= 4 is 0 Å². The van der Waals surface area contributed by atoms with Crippen LogP contribution in [0.1, 0.15) is 31.9 Å². The van der Waals surface area contributed by atoms with E-state index in [0.29, 0.717) is 6.04 Å². The highest BCUT2D eigenvalue weighted by Crippen LogP contribution is 2.31. The maximum absolute atomic E-state index is 5.94. The summed E-state index contributed by atoms with van der Waals surface area (Å²) >= 11 is 0. The fourth-order valence-corrected chi connectivity index (χ4v) is 2.16. The van der Waals surface area contributed by atoms with Crippen LogP contribution in [0.15, 0.2) is 48.5 Å². The Hall–Kier alpha value is -2.00. The molecule has 0 saturated carbocycles. The smallest absolute Gasteiger partial charge is 0.169 e. The van der Waals surface area contributed by atoms with Crippen LogP contribution in [0, 0.1) is 0 Å². The third kappa shape index (κ3) is 4.23. The summed E-state index contributed by atoms with van der Waals surface area (Å²) in [5.74, 6) is 2.29. The van der Waals surface area contributed by atoms with E-state index in [-0.39, 0.29) is 0 Å². The van der Waals surface area contributed by atoms with Gasteiger partial charge in [0.1, 0.15) is 5.75 Å². The van der Waals surface area contributed by atoms with Gasteiger partial charge in [0.2, 0.25) is 0 Å². The molecule has 0 amide bonds. The average Bonchev–Trinajstić information content (AvgIpc) is 2.53. The first-order valence-electron chi connectivity index (χ1n) is 7.38. The van der Waals surface area contributed by atoms with Gasteiger partial charge in [-0.15, -0.1) is 0 Å². The first kappa shape index (κ1) is 15.4. The lowest BCUT2D eigenvalue weighted by molar-refractivity contribution is 0.378. The van der Waals surface area contributed by atoms with Crippen LogP contribution in [0.4, 0.5) is 0 Å². The number of para-hydroxylation sites is 2. The molecule has 0 saturated heterocycles. The van der Waals surface area contributed by atoms with Crippen molar-refractivity contribution in [3.8, 4) is 17.2 Å². The molecule has 1 atom stereocenters. The molecule has 3 heteroatoms. The van der Waals surface area contributed by atoms with Gasteiger partial charge in [-0.25, -0.2) is 0 Å². The number of ether oxygens (including phenoxy) is 2. The van der Waals surface area contributed by atoms with Crippen molar-refractivity contribution in [1.29, 1.82) is 0 Å². The molecule has 21 heavy (non-hydrogen) atoms. The molecular formula is C18H23NO2. The Morgan fingerprint density at radius 3 is 2.52 bits per heavy atom. The standard InChI is InChI=1S/C18H23NO2/c1-4-12-19-14(2)15-8-7-9-16(13-15)21-18-11-6-5-10-17(18)20-3/h5-11,13-14,19H,4,12H2,1-3H3. The number of hydrogen-bond acceptors (Lipinski definition) is 3. The lowest BCUT2D eigenvalue weighted by Crippen LogP contribution is -2.19.